The second-order valence-corrected chi connectivity index (χ2v) is 13.1. The molecule has 0 aliphatic heterocycles. The molecule has 0 bridgehead atoms. The molecule has 3 aromatic heterocycles. The second-order valence-electron chi connectivity index (χ2n) is 13.1. The number of rotatable bonds is 4. The van der Waals surface area contributed by atoms with Gasteiger partial charge in [0, 0.05) is 43.8 Å². The molecule has 11 aromatic rings. The minimum absolute atomic E-state index is 0.587. The van der Waals surface area contributed by atoms with Gasteiger partial charge in [0.05, 0.1) is 0 Å². The number of aromatic nitrogens is 3. The van der Waals surface area contributed by atoms with E-state index in [0.717, 1.165) is 77.1 Å². The molecular weight excluding hydrogens is 639 g/mol. The van der Waals surface area contributed by atoms with E-state index in [4.69, 9.17) is 23.8 Å². The lowest BCUT2D eigenvalue weighted by molar-refractivity contribution is 0.668. The van der Waals surface area contributed by atoms with Crippen molar-refractivity contribution in [2.45, 2.75) is 0 Å². The van der Waals surface area contributed by atoms with E-state index in [0.29, 0.717) is 17.5 Å². The van der Waals surface area contributed by atoms with E-state index < -0.39 is 0 Å². The Morgan fingerprint density at radius 2 is 0.904 bits per heavy atom. The Hall–Kier alpha value is -7.11. The first-order valence-corrected chi connectivity index (χ1v) is 17.4. The van der Waals surface area contributed by atoms with Gasteiger partial charge in [0.1, 0.15) is 22.3 Å². The van der Waals surface area contributed by atoms with Crippen molar-refractivity contribution in [2.75, 3.05) is 0 Å². The third-order valence-electron chi connectivity index (χ3n) is 10.1. The summed E-state index contributed by atoms with van der Waals surface area (Å²) >= 11 is 0. The van der Waals surface area contributed by atoms with Crippen LogP contribution >= 0.6 is 0 Å². The van der Waals surface area contributed by atoms with Gasteiger partial charge in [-0.25, -0.2) is 15.0 Å². The van der Waals surface area contributed by atoms with E-state index in [2.05, 4.69) is 97.1 Å². The van der Waals surface area contributed by atoms with Crippen molar-refractivity contribution in [2.24, 2.45) is 0 Å². The third kappa shape index (κ3) is 4.39. The van der Waals surface area contributed by atoms with Crippen molar-refractivity contribution < 1.29 is 8.83 Å². The van der Waals surface area contributed by atoms with Gasteiger partial charge in [0.15, 0.2) is 17.5 Å². The van der Waals surface area contributed by atoms with E-state index >= 15 is 0 Å². The molecule has 242 valence electrons. The molecule has 5 nitrogen and oxygen atoms in total. The number of furan rings is 2. The van der Waals surface area contributed by atoms with Crippen molar-refractivity contribution in [1.29, 1.82) is 0 Å². The molecule has 11 rings (SSSR count). The highest BCUT2D eigenvalue weighted by Gasteiger charge is 2.21. The number of hydrogen-bond acceptors (Lipinski definition) is 5. The van der Waals surface area contributed by atoms with Crippen LogP contribution in [-0.2, 0) is 0 Å². The van der Waals surface area contributed by atoms with Gasteiger partial charge in [-0.3, -0.25) is 0 Å². The topological polar surface area (TPSA) is 65.0 Å². The summed E-state index contributed by atoms with van der Waals surface area (Å²) < 4.78 is 13.0. The van der Waals surface area contributed by atoms with Gasteiger partial charge in [-0.2, -0.15) is 0 Å². The highest BCUT2D eigenvalue weighted by atomic mass is 16.3. The molecule has 0 unspecified atom stereocenters. The minimum Gasteiger partial charge on any atom is -0.456 e. The summed E-state index contributed by atoms with van der Waals surface area (Å²) in [6.45, 7) is 0. The number of benzene rings is 8. The standard InChI is InChI=1S/C47H27N3O2/c1-2-12-30(13-3-1)45-48-46(31-26-25-29-24-23-28-11-4-5-14-32(28)38(29)27-31)50-47(49-45)37-19-10-22-41-43(37)36-18-8-17-34(44(36)52-41)33-16-9-21-40-42(33)35-15-6-7-20-39(35)51-40/h1-27H. The molecule has 0 radical (unpaired) electrons. The Morgan fingerprint density at radius 3 is 1.77 bits per heavy atom. The molecule has 0 saturated heterocycles. The molecule has 0 spiro atoms. The van der Waals surface area contributed by atoms with Crippen LogP contribution in [0.5, 0.6) is 0 Å². The molecule has 0 amide bonds. The fourth-order valence-electron chi connectivity index (χ4n) is 7.73. The van der Waals surface area contributed by atoms with Crippen LogP contribution in [0.2, 0.25) is 0 Å². The molecule has 0 aliphatic carbocycles. The highest BCUT2D eigenvalue weighted by molar-refractivity contribution is 6.19. The predicted molar refractivity (Wildman–Crippen MR) is 211 cm³/mol. The summed E-state index contributed by atoms with van der Waals surface area (Å²) in [6, 6.07) is 56.2. The van der Waals surface area contributed by atoms with Crippen LogP contribution in [-0.4, -0.2) is 15.0 Å². The Kier molecular flexibility index (Phi) is 6.18. The van der Waals surface area contributed by atoms with Gasteiger partial charge < -0.3 is 8.83 Å². The molecule has 0 atom stereocenters. The third-order valence-corrected chi connectivity index (χ3v) is 10.1. The van der Waals surface area contributed by atoms with Crippen molar-refractivity contribution >= 4 is 65.4 Å². The van der Waals surface area contributed by atoms with Crippen LogP contribution in [0.4, 0.5) is 0 Å². The summed E-state index contributed by atoms with van der Waals surface area (Å²) in [5, 5.41) is 8.84. The van der Waals surface area contributed by atoms with E-state index in [1.807, 2.05) is 66.7 Å². The van der Waals surface area contributed by atoms with Crippen LogP contribution in [0.3, 0.4) is 0 Å². The van der Waals surface area contributed by atoms with Gasteiger partial charge in [0.2, 0.25) is 0 Å². The number of hydrogen-bond donors (Lipinski definition) is 0. The fourth-order valence-corrected chi connectivity index (χ4v) is 7.73. The van der Waals surface area contributed by atoms with Gasteiger partial charge in [-0.05, 0) is 51.4 Å². The first-order chi connectivity index (χ1) is 25.8. The fraction of sp³-hybridized carbons (Fsp3) is 0. The van der Waals surface area contributed by atoms with E-state index in [1.54, 1.807) is 0 Å². The molecular formula is C47H27N3O2. The Balaban J connectivity index is 1.15. The Bertz CT molecular complexity index is 3190. The highest BCUT2D eigenvalue weighted by Crippen LogP contribution is 2.43. The molecule has 5 heteroatoms. The summed E-state index contributed by atoms with van der Waals surface area (Å²) in [5.41, 5.74) is 8.08. The van der Waals surface area contributed by atoms with Gasteiger partial charge in [-0.1, -0.05) is 140 Å². The SMILES string of the molecule is c1ccc(-c2nc(-c3ccc4ccc5ccccc5c4c3)nc(-c3cccc4oc5c(-c6cccc7oc8ccccc8c67)cccc5c34)n2)cc1. The summed E-state index contributed by atoms with van der Waals surface area (Å²) in [7, 11) is 0. The van der Waals surface area contributed by atoms with E-state index in [-0.39, 0.29) is 0 Å². The van der Waals surface area contributed by atoms with Crippen LogP contribution in [0, 0.1) is 0 Å². The number of fused-ring (bicyclic) bond motifs is 9. The summed E-state index contributed by atoms with van der Waals surface area (Å²) in [4.78, 5) is 15.4. The van der Waals surface area contributed by atoms with E-state index in [1.165, 1.54) is 16.2 Å². The van der Waals surface area contributed by atoms with Crippen LogP contribution in [0.25, 0.3) is 111 Å². The Labute approximate surface area is 297 Å². The summed E-state index contributed by atoms with van der Waals surface area (Å²) in [5.74, 6) is 1.81. The van der Waals surface area contributed by atoms with Gasteiger partial charge in [-0.15, -0.1) is 0 Å². The monoisotopic (exact) mass is 665 g/mol. The molecule has 3 heterocycles. The normalized spacial score (nSPS) is 11.8. The zero-order valence-corrected chi connectivity index (χ0v) is 27.7. The average molecular weight is 666 g/mol. The van der Waals surface area contributed by atoms with E-state index in [9.17, 15) is 0 Å². The molecule has 0 saturated carbocycles. The quantitative estimate of drug-likeness (QED) is 0.175. The maximum Gasteiger partial charge on any atom is 0.164 e. The lowest BCUT2D eigenvalue weighted by Crippen LogP contribution is -2.00. The molecule has 8 aromatic carbocycles. The van der Waals surface area contributed by atoms with Crippen molar-refractivity contribution in [3.8, 4) is 45.3 Å². The lowest BCUT2D eigenvalue weighted by atomic mass is 9.97. The predicted octanol–water partition coefficient (Wildman–Crippen LogP) is 12.6. The molecule has 0 N–H and O–H groups in total. The maximum atomic E-state index is 6.75. The number of para-hydroxylation sites is 2. The Morgan fingerprint density at radius 1 is 0.327 bits per heavy atom. The van der Waals surface area contributed by atoms with Crippen LogP contribution in [0.1, 0.15) is 0 Å². The van der Waals surface area contributed by atoms with Crippen LogP contribution < -0.4 is 0 Å². The zero-order chi connectivity index (χ0) is 34.2. The second kappa shape index (κ2) is 11.2. The van der Waals surface area contributed by atoms with Gasteiger partial charge in [0.25, 0.3) is 0 Å². The largest absolute Gasteiger partial charge is 0.456 e. The molecule has 52 heavy (non-hydrogen) atoms. The average Bonchev–Trinajstić information content (AvgIpc) is 3.80. The number of nitrogens with zero attached hydrogens (tertiary/aromatic N) is 3. The maximum absolute atomic E-state index is 6.75. The van der Waals surface area contributed by atoms with Crippen molar-refractivity contribution in [3.63, 3.8) is 0 Å². The van der Waals surface area contributed by atoms with Crippen molar-refractivity contribution in [1.82, 2.24) is 15.0 Å². The molecule has 0 aliphatic rings. The first-order valence-electron chi connectivity index (χ1n) is 17.4. The smallest absolute Gasteiger partial charge is 0.164 e. The first kappa shape index (κ1) is 28.7. The van der Waals surface area contributed by atoms with Crippen LogP contribution in [0.15, 0.2) is 173 Å². The zero-order valence-electron chi connectivity index (χ0n) is 27.7. The minimum atomic E-state index is 0.587. The van der Waals surface area contributed by atoms with Gasteiger partial charge >= 0.3 is 0 Å². The lowest BCUT2D eigenvalue weighted by Gasteiger charge is -2.10. The molecule has 0 fully saturated rings. The van der Waals surface area contributed by atoms with Crippen molar-refractivity contribution in [3.05, 3.63) is 164 Å². The summed E-state index contributed by atoms with van der Waals surface area (Å²) in [6.07, 6.45) is 0.